The van der Waals surface area contributed by atoms with Crippen LogP contribution in [0.2, 0.25) is 0 Å². The number of alkyl halides is 1. The van der Waals surface area contributed by atoms with E-state index in [0.717, 1.165) is 66.1 Å². The zero-order chi connectivity index (χ0) is 61.2. The van der Waals surface area contributed by atoms with Gasteiger partial charge in [-0.1, -0.05) is 157 Å². The van der Waals surface area contributed by atoms with E-state index in [-0.39, 0.29) is 45.8 Å². The largest absolute Gasteiger partial charge is 0.444 e. The summed E-state index contributed by atoms with van der Waals surface area (Å²) in [5.41, 5.74) is 0.598. The van der Waals surface area contributed by atoms with Gasteiger partial charge in [-0.3, -0.25) is 14.7 Å². The zero-order valence-electron chi connectivity index (χ0n) is 51.8. The van der Waals surface area contributed by atoms with E-state index in [4.69, 9.17) is 42.6 Å². The molecule has 18 heteroatoms. The molecule has 4 aromatic rings. The molecule has 3 saturated heterocycles. The van der Waals surface area contributed by atoms with Crippen LogP contribution in [-0.2, 0) is 68.8 Å². The fourth-order valence-electron chi connectivity index (χ4n) is 12.4. The highest BCUT2D eigenvalue weighted by molar-refractivity contribution is 9.09. The number of carbonyl (C=O) groups excluding carboxylic acids is 4. The van der Waals surface area contributed by atoms with Crippen molar-refractivity contribution in [2.75, 3.05) is 18.5 Å². The molecule has 468 valence electrons. The van der Waals surface area contributed by atoms with E-state index in [1.54, 1.807) is 19.6 Å². The van der Waals surface area contributed by atoms with E-state index in [2.05, 4.69) is 15.9 Å². The molecule has 0 unspecified atom stereocenters. The summed E-state index contributed by atoms with van der Waals surface area (Å²) < 4.78 is 63.1. The Bertz CT molecular complexity index is 2810. The van der Waals surface area contributed by atoms with Crippen LogP contribution in [0.5, 0.6) is 0 Å². The molecule has 0 radical (unpaired) electrons. The molecule has 5 aliphatic rings. The molecule has 9 rings (SSSR count). The predicted molar refractivity (Wildman–Crippen MR) is 329 cm³/mol. The summed E-state index contributed by atoms with van der Waals surface area (Å²) in [6, 6.07) is 35.9. The third-order valence-corrected chi connectivity index (χ3v) is 16.8. The van der Waals surface area contributed by atoms with Crippen molar-refractivity contribution in [3.63, 3.8) is 0 Å². The normalized spacial score (nSPS) is 25.5. The summed E-state index contributed by atoms with van der Waals surface area (Å²) in [5.74, 6) is -1.07. The molecule has 0 N–H and O–H groups in total. The van der Waals surface area contributed by atoms with Crippen molar-refractivity contribution in [2.45, 2.75) is 236 Å². The first-order valence-electron chi connectivity index (χ1n) is 31.0. The molecular weight excluding hydrogens is 1160 g/mol. The lowest BCUT2D eigenvalue weighted by Crippen LogP contribution is -2.72. The molecule has 3 heterocycles. The maximum atomic E-state index is 15.5. The monoisotopic (exact) mass is 1250 g/mol. The molecule has 1 spiro atoms. The molecule has 3 aliphatic heterocycles. The minimum absolute atomic E-state index is 0.0214. The maximum absolute atomic E-state index is 15.5. The van der Waals surface area contributed by atoms with Gasteiger partial charge in [-0.05, 0) is 117 Å². The number of ether oxygens (including phenoxy) is 9. The Morgan fingerprint density at radius 2 is 1.03 bits per heavy atom. The summed E-state index contributed by atoms with van der Waals surface area (Å²) in [6.45, 7) is 17.3. The summed E-state index contributed by atoms with van der Waals surface area (Å²) in [6.07, 6.45) is -2.16. The number of hydrogen-bond donors (Lipinski definition) is 0. The molecule has 4 amide bonds. The van der Waals surface area contributed by atoms with Gasteiger partial charge in [0.2, 0.25) is 0 Å². The Kier molecular flexibility index (Phi) is 21.5. The fraction of sp³-hybridized carbons (Fsp3) is 0.588. The topological polar surface area (TPSA) is 164 Å². The number of hydrogen-bond acceptors (Lipinski definition) is 13. The van der Waals surface area contributed by atoms with Gasteiger partial charge in [0.05, 0.1) is 18.6 Å². The first-order chi connectivity index (χ1) is 41.1. The fourth-order valence-corrected chi connectivity index (χ4v) is 12.8. The van der Waals surface area contributed by atoms with Crippen LogP contribution >= 0.6 is 15.9 Å². The molecule has 10 atom stereocenters. The van der Waals surface area contributed by atoms with Crippen molar-refractivity contribution < 1.29 is 61.8 Å². The Morgan fingerprint density at radius 3 is 1.55 bits per heavy atom. The second-order valence-electron chi connectivity index (χ2n) is 26.6. The Hall–Kier alpha value is -5.76. The Morgan fingerprint density at radius 1 is 0.570 bits per heavy atom. The minimum atomic E-state index is -1.37. The molecule has 0 aromatic heterocycles. The Balaban J connectivity index is 1.24. The van der Waals surface area contributed by atoms with E-state index in [1.165, 1.54) is 0 Å². The van der Waals surface area contributed by atoms with Crippen LogP contribution in [0.3, 0.4) is 0 Å². The second-order valence-corrected chi connectivity index (χ2v) is 27.4. The van der Waals surface area contributed by atoms with Crippen molar-refractivity contribution in [1.82, 2.24) is 19.6 Å². The van der Waals surface area contributed by atoms with Crippen molar-refractivity contribution in [1.29, 1.82) is 0 Å². The quantitative estimate of drug-likeness (QED) is 0.0467. The van der Waals surface area contributed by atoms with Gasteiger partial charge in [-0.25, -0.2) is 19.2 Å². The van der Waals surface area contributed by atoms with Crippen molar-refractivity contribution in [3.8, 4) is 0 Å². The van der Waals surface area contributed by atoms with E-state index >= 15 is 14.4 Å². The minimum Gasteiger partial charge on any atom is -0.444 e. The lowest BCUT2D eigenvalue weighted by atomic mass is 9.81. The third-order valence-electron chi connectivity index (χ3n) is 16.2. The molecule has 2 saturated carbocycles. The first-order valence-corrected chi connectivity index (χ1v) is 32.1. The highest BCUT2D eigenvalue weighted by Crippen LogP contribution is 2.49. The average molecular weight is 1250 g/mol. The zero-order valence-corrected chi connectivity index (χ0v) is 53.4. The average Bonchev–Trinajstić information content (AvgIpc) is 1.76. The molecule has 86 heavy (non-hydrogen) atoms. The number of nitrogens with zero attached hydrogens (tertiary/aromatic N) is 4. The number of rotatable bonds is 20. The van der Waals surface area contributed by atoms with Gasteiger partial charge in [0.15, 0.2) is 18.2 Å². The summed E-state index contributed by atoms with van der Waals surface area (Å²) in [5, 5.41) is 0.877. The van der Waals surface area contributed by atoms with Gasteiger partial charge in [0, 0.05) is 51.0 Å². The van der Waals surface area contributed by atoms with Crippen LogP contribution < -0.4 is 0 Å². The number of amides is 4. The van der Waals surface area contributed by atoms with Gasteiger partial charge in [-0.2, -0.15) is 0 Å². The highest BCUT2D eigenvalue weighted by atomic mass is 79.9. The maximum Gasteiger partial charge on any atom is 0.411 e. The standard InChI is InChI=1S/C68H91BrN4O13/c1-65(2,3)84-62(75)71(43-48-31-19-13-20-32-48)51-41-52(72(63(76)85-66(4,5)6)44-49-33-21-14-22-34-49)56-59(83-68(82-56)37-25-16-26-38-68)55(51)80-60-54(73(64(77)86-67(7,8)9)45-50-35-23-15-24-36-50)58(78-40-28-11-10-27-39-69)57-53(79-60)46-70(61(74)81-57)42-47-29-17-12-18-30-47/h12-15,17-24,29-36,51-60H,10-11,16,25-28,37-46H2,1-9H3/t51-,52+,53+,54+,55+,56-,57+,58+,59-,60+/m0/s1. The number of carbonyl (C=O) groups is 4. The van der Waals surface area contributed by atoms with Crippen LogP contribution in [0.4, 0.5) is 19.2 Å². The van der Waals surface area contributed by atoms with E-state index < -0.39 is 108 Å². The van der Waals surface area contributed by atoms with Gasteiger partial charge >= 0.3 is 24.4 Å². The van der Waals surface area contributed by atoms with Gasteiger partial charge in [-0.15, -0.1) is 0 Å². The SMILES string of the molecule is CC(C)(C)OC(=O)N(Cc1ccccc1)[C@H]1[C@@H](O[C@H]2[C@@H]3OC4(CCCCC4)O[C@H]3[C@H](N(Cc3ccccc3)C(=O)OC(C)(C)C)C[C@@H]2N(Cc2ccccc2)C(=O)OC(C)(C)C)O[C@@H]2CN(Cc3ccccc3)C(=O)O[C@H]2[C@@H]1OCCCCCCBr. The van der Waals surface area contributed by atoms with Crippen LogP contribution in [0, 0.1) is 0 Å². The lowest BCUT2D eigenvalue weighted by molar-refractivity contribution is -0.320. The van der Waals surface area contributed by atoms with E-state index in [0.29, 0.717) is 19.3 Å². The molecular formula is C68H91BrN4O13. The van der Waals surface area contributed by atoms with Crippen molar-refractivity contribution >= 4 is 40.3 Å². The van der Waals surface area contributed by atoms with Gasteiger partial charge in [0.25, 0.3) is 0 Å². The molecule has 5 fully saturated rings. The predicted octanol–water partition coefficient (Wildman–Crippen LogP) is 13.7. The second kappa shape index (κ2) is 28.6. The Labute approximate surface area is 517 Å². The van der Waals surface area contributed by atoms with Crippen LogP contribution in [0.15, 0.2) is 121 Å². The molecule has 2 aliphatic carbocycles. The van der Waals surface area contributed by atoms with Crippen LogP contribution in [0.25, 0.3) is 0 Å². The first kappa shape index (κ1) is 64.7. The number of halogens is 1. The summed E-state index contributed by atoms with van der Waals surface area (Å²) in [4.78, 5) is 67.3. The van der Waals surface area contributed by atoms with Crippen molar-refractivity contribution in [3.05, 3.63) is 144 Å². The van der Waals surface area contributed by atoms with Crippen molar-refractivity contribution in [2.24, 2.45) is 0 Å². The van der Waals surface area contributed by atoms with E-state index in [1.807, 2.05) is 184 Å². The van der Waals surface area contributed by atoms with Crippen LogP contribution in [-0.4, -0.2) is 146 Å². The molecule has 4 aromatic carbocycles. The van der Waals surface area contributed by atoms with Crippen LogP contribution in [0.1, 0.15) is 149 Å². The molecule has 0 bridgehead atoms. The van der Waals surface area contributed by atoms with E-state index in [9.17, 15) is 4.79 Å². The lowest BCUT2D eigenvalue weighted by Gasteiger charge is -2.54. The van der Waals surface area contributed by atoms with Gasteiger partial charge in [0.1, 0.15) is 53.4 Å². The smallest absolute Gasteiger partial charge is 0.411 e. The molecule has 17 nitrogen and oxygen atoms in total. The third kappa shape index (κ3) is 17.1. The van der Waals surface area contributed by atoms with Gasteiger partial charge < -0.3 is 47.5 Å². The highest BCUT2D eigenvalue weighted by Gasteiger charge is 2.64. The number of unbranched alkanes of at least 4 members (excludes halogenated alkanes) is 3. The number of fused-ring (bicyclic) bond motifs is 2. The number of benzene rings is 4. The summed E-state index contributed by atoms with van der Waals surface area (Å²) >= 11 is 3.58. The summed E-state index contributed by atoms with van der Waals surface area (Å²) in [7, 11) is 0.